The molecule has 0 aliphatic heterocycles. The molecular formula is C13H19NO3. The second-order valence-electron chi connectivity index (χ2n) is 3.88. The molecular weight excluding hydrogens is 218 g/mol. The molecule has 1 aromatic carbocycles. The average Bonchev–Trinajstić information content (AvgIpc) is 2.29. The molecule has 0 unspecified atom stereocenters. The Labute approximate surface area is 102 Å². The van der Waals surface area contributed by atoms with Gasteiger partial charge in [0, 0.05) is 25.8 Å². The van der Waals surface area contributed by atoms with E-state index in [1.165, 1.54) is 6.07 Å². The zero-order valence-electron chi connectivity index (χ0n) is 10.6. The molecule has 0 saturated carbocycles. The molecule has 17 heavy (non-hydrogen) atoms. The summed E-state index contributed by atoms with van der Waals surface area (Å²) in [5, 5.41) is 9.31. The Morgan fingerprint density at radius 3 is 2.71 bits per heavy atom. The Morgan fingerprint density at radius 1 is 1.47 bits per heavy atom. The van der Waals surface area contributed by atoms with E-state index in [0.717, 1.165) is 5.56 Å². The molecule has 0 spiro atoms. The molecule has 0 aliphatic carbocycles. The normalized spacial score (nSPS) is 10.3. The van der Waals surface area contributed by atoms with Crippen molar-refractivity contribution in [3.63, 3.8) is 0 Å². The summed E-state index contributed by atoms with van der Waals surface area (Å²) in [5.74, 6) is 0.154. The van der Waals surface area contributed by atoms with Gasteiger partial charge < -0.3 is 14.7 Å². The van der Waals surface area contributed by atoms with Crippen LogP contribution in [-0.2, 0) is 4.74 Å². The first-order chi connectivity index (χ1) is 8.10. The molecule has 1 amide bonds. The maximum atomic E-state index is 12.2. The van der Waals surface area contributed by atoms with Gasteiger partial charge in [0.2, 0.25) is 0 Å². The third-order valence-corrected chi connectivity index (χ3v) is 2.67. The zero-order valence-corrected chi connectivity index (χ0v) is 10.6. The van der Waals surface area contributed by atoms with Crippen molar-refractivity contribution in [2.24, 2.45) is 0 Å². The third kappa shape index (κ3) is 3.46. The Kier molecular flexibility index (Phi) is 4.97. The van der Waals surface area contributed by atoms with Crippen LogP contribution in [0.3, 0.4) is 0 Å². The lowest BCUT2D eigenvalue weighted by atomic mass is 10.1. The minimum absolute atomic E-state index is 0.0259. The largest absolute Gasteiger partial charge is 0.508 e. The number of likely N-dealkylation sites (N-methyl/N-ethyl adjacent to an activating group) is 1. The first kappa shape index (κ1) is 13.5. The topological polar surface area (TPSA) is 49.8 Å². The van der Waals surface area contributed by atoms with Crippen molar-refractivity contribution in [1.82, 2.24) is 4.90 Å². The van der Waals surface area contributed by atoms with E-state index in [1.54, 1.807) is 24.1 Å². The van der Waals surface area contributed by atoms with Gasteiger partial charge >= 0.3 is 0 Å². The fourth-order valence-corrected chi connectivity index (χ4v) is 1.66. The molecule has 4 heteroatoms. The van der Waals surface area contributed by atoms with Crippen LogP contribution in [0.2, 0.25) is 0 Å². The molecule has 1 aromatic rings. The number of amides is 1. The second kappa shape index (κ2) is 6.25. The number of carbonyl (C=O) groups excluding carboxylic acids is 1. The molecule has 0 atom stereocenters. The summed E-state index contributed by atoms with van der Waals surface area (Å²) in [6, 6.07) is 4.78. The predicted octanol–water partition coefficient (Wildman–Crippen LogP) is 1.81. The highest BCUT2D eigenvalue weighted by Gasteiger charge is 2.15. The summed E-state index contributed by atoms with van der Waals surface area (Å²) in [5.41, 5.74) is 1.41. The first-order valence-electron chi connectivity index (χ1n) is 5.68. The predicted molar refractivity (Wildman–Crippen MR) is 66.3 cm³/mol. The highest BCUT2D eigenvalue weighted by Crippen LogP contribution is 2.17. The van der Waals surface area contributed by atoms with Gasteiger partial charge in [-0.15, -0.1) is 0 Å². The molecule has 94 valence electrons. The number of ether oxygens (including phenoxy) is 1. The number of aromatic hydroxyl groups is 1. The molecule has 4 nitrogen and oxygen atoms in total. The van der Waals surface area contributed by atoms with E-state index >= 15 is 0 Å². The van der Waals surface area contributed by atoms with E-state index < -0.39 is 0 Å². The third-order valence-electron chi connectivity index (χ3n) is 2.67. The summed E-state index contributed by atoms with van der Waals surface area (Å²) in [6.45, 7) is 5.49. The number of hydrogen-bond acceptors (Lipinski definition) is 3. The standard InChI is InChI=1S/C13H19NO3/c1-4-14(7-8-17-3)13(16)12-6-5-11(15)9-10(12)2/h5-6,9,15H,4,7-8H2,1-3H3. The Hall–Kier alpha value is -1.55. The SMILES string of the molecule is CCN(CCOC)C(=O)c1ccc(O)cc1C. The van der Waals surface area contributed by atoms with Crippen LogP contribution in [0.1, 0.15) is 22.8 Å². The molecule has 0 saturated heterocycles. The van der Waals surface area contributed by atoms with E-state index in [9.17, 15) is 9.90 Å². The number of methoxy groups -OCH3 is 1. The molecule has 0 radical (unpaired) electrons. The minimum atomic E-state index is -0.0259. The average molecular weight is 237 g/mol. The van der Waals surface area contributed by atoms with E-state index in [4.69, 9.17) is 4.74 Å². The van der Waals surface area contributed by atoms with E-state index in [2.05, 4.69) is 0 Å². The van der Waals surface area contributed by atoms with Crippen LogP contribution in [-0.4, -0.2) is 42.7 Å². The molecule has 0 fully saturated rings. The lowest BCUT2D eigenvalue weighted by Crippen LogP contribution is -2.34. The van der Waals surface area contributed by atoms with Crippen molar-refractivity contribution in [2.45, 2.75) is 13.8 Å². The van der Waals surface area contributed by atoms with Gasteiger partial charge in [0.15, 0.2) is 0 Å². The molecule has 1 N–H and O–H groups in total. The van der Waals surface area contributed by atoms with Crippen LogP contribution in [0, 0.1) is 6.92 Å². The van der Waals surface area contributed by atoms with E-state index in [1.807, 2.05) is 13.8 Å². The monoisotopic (exact) mass is 237 g/mol. The number of phenolic OH excluding ortho intramolecular Hbond substituents is 1. The summed E-state index contributed by atoms with van der Waals surface area (Å²) >= 11 is 0. The van der Waals surface area contributed by atoms with Gasteiger partial charge in [0.1, 0.15) is 5.75 Å². The smallest absolute Gasteiger partial charge is 0.254 e. The number of nitrogens with zero attached hydrogens (tertiary/aromatic N) is 1. The Bertz CT molecular complexity index is 390. The van der Waals surface area contributed by atoms with Gasteiger partial charge in [-0.2, -0.15) is 0 Å². The van der Waals surface area contributed by atoms with Crippen LogP contribution in [0.15, 0.2) is 18.2 Å². The Morgan fingerprint density at radius 2 is 2.18 bits per heavy atom. The molecule has 0 aliphatic rings. The van der Waals surface area contributed by atoms with Gasteiger partial charge in [-0.05, 0) is 37.6 Å². The molecule has 0 bridgehead atoms. The number of benzene rings is 1. The molecule has 0 aromatic heterocycles. The van der Waals surface area contributed by atoms with Crippen LogP contribution in [0.5, 0.6) is 5.75 Å². The van der Waals surface area contributed by atoms with Crippen LogP contribution >= 0.6 is 0 Å². The highest BCUT2D eigenvalue weighted by atomic mass is 16.5. The van der Waals surface area contributed by atoms with Crippen LogP contribution < -0.4 is 0 Å². The van der Waals surface area contributed by atoms with E-state index in [-0.39, 0.29) is 11.7 Å². The molecule has 1 rings (SSSR count). The Balaban J connectivity index is 2.86. The van der Waals surface area contributed by atoms with Gasteiger partial charge in [-0.3, -0.25) is 4.79 Å². The molecule has 0 heterocycles. The van der Waals surface area contributed by atoms with Gasteiger partial charge in [-0.1, -0.05) is 0 Å². The summed E-state index contributed by atoms with van der Waals surface area (Å²) < 4.78 is 4.98. The maximum absolute atomic E-state index is 12.2. The van der Waals surface area contributed by atoms with Crippen molar-refractivity contribution in [1.29, 1.82) is 0 Å². The van der Waals surface area contributed by atoms with Crippen molar-refractivity contribution < 1.29 is 14.6 Å². The van der Waals surface area contributed by atoms with Crippen molar-refractivity contribution in [2.75, 3.05) is 26.8 Å². The van der Waals surface area contributed by atoms with Crippen molar-refractivity contribution in [3.05, 3.63) is 29.3 Å². The quantitative estimate of drug-likeness (QED) is 0.849. The lowest BCUT2D eigenvalue weighted by Gasteiger charge is -2.21. The fourth-order valence-electron chi connectivity index (χ4n) is 1.66. The number of rotatable bonds is 5. The summed E-state index contributed by atoms with van der Waals surface area (Å²) in [4.78, 5) is 13.9. The number of phenols is 1. The van der Waals surface area contributed by atoms with Crippen molar-refractivity contribution >= 4 is 5.91 Å². The second-order valence-corrected chi connectivity index (χ2v) is 3.88. The highest BCUT2D eigenvalue weighted by molar-refractivity contribution is 5.95. The zero-order chi connectivity index (χ0) is 12.8. The van der Waals surface area contributed by atoms with Gasteiger partial charge in [0.25, 0.3) is 5.91 Å². The number of aryl methyl sites for hydroxylation is 1. The number of hydrogen-bond donors (Lipinski definition) is 1. The summed E-state index contributed by atoms with van der Waals surface area (Å²) in [6.07, 6.45) is 0. The summed E-state index contributed by atoms with van der Waals surface area (Å²) in [7, 11) is 1.62. The van der Waals surface area contributed by atoms with E-state index in [0.29, 0.717) is 25.3 Å². The van der Waals surface area contributed by atoms with Gasteiger partial charge in [0.05, 0.1) is 6.61 Å². The van der Waals surface area contributed by atoms with Crippen molar-refractivity contribution in [3.8, 4) is 5.75 Å². The van der Waals surface area contributed by atoms with Crippen LogP contribution in [0.4, 0.5) is 0 Å². The lowest BCUT2D eigenvalue weighted by molar-refractivity contribution is 0.0705. The number of carbonyl (C=O) groups is 1. The van der Waals surface area contributed by atoms with Crippen LogP contribution in [0.25, 0.3) is 0 Å². The maximum Gasteiger partial charge on any atom is 0.254 e. The van der Waals surface area contributed by atoms with Gasteiger partial charge in [-0.25, -0.2) is 0 Å². The fraction of sp³-hybridized carbons (Fsp3) is 0.462. The minimum Gasteiger partial charge on any atom is -0.508 e. The first-order valence-corrected chi connectivity index (χ1v) is 5.68.